The number of carbonyl (C=O) groups excluding carboxylic acids is 2. The van der Waals surface area contributed by atoms with Crippen molar-refractivity contribution in [2.24, 2.45) is 5.92 Å². The number of benzene rings is 1. The fourth-order valence-corrected chi connectivity index (χ4v) is 2.87. The molecule has 1 aliphatic heterocycles. The van der Waals surface area contributed by atoms with Gasteiger partial charge in [0.1, 0.15) is 6.04 Å². The first-order valence-corrected chi connectivity index (χ1v) is 8.17. The van der Waals surface area contributed by atoms with E-state index in [2.05, 4.69) is 17.4 Å². The van der Waals surface area contributed by atoms with E-state index in [0.29, 0.717) is 13.0 Å². The van der Waals surface area contributed by atoms with E-state index in [4.69, 9.17) is 0 Å². The zero-order valence-corrected chi connectivity index (χ0v) is 13.8. The molecule has 1 atom stereocenters. The van der Waals surface area contributed by atoms with Crippen LogP contribution in [0.15, 0.2) is 24.3 Å². The summed E-state index contributed by atoms with van der Waals surface area (Å²) in [5.74, 6) is 0.0893. The quantitative estimate of drug-likeness (QED) is 0.908. The molecule has 4 heteroatoms. The van der Waals surface area contributed by atoms with Crippen molar-refractivity contribution in [3.63, 3.8) is 0 Å². The Bertz CT molecular complexity index is 540. The van der Waals surface area contributed by atoms with Crippen molar-refractivity contribution in [3.05, 3.63) is 35.4 Å². The molecule has 0 aromatic heterocycles. The molecule has 1 aromatic carbocycles. The molecule has 0 unspecified atom stereocenters. The molecule has 0 radical (unpaired) electrons. The van der Waals surface area contributed by atoms with Crippen molar-refractivity contribution >= 4 is 11.8 Å². The average molecular weight is 302 g/mol. The molecule has 0 aliphatic carbocycles. The van der Waals surface area contributed by atoms with Gasteiger partial charge < -0.3 is 10.2 Å². The van der Waals surface area contributed by atoms with Crippen LogP contribution in [-0.4, -0.2) is 29.3 Å². The fraction of sp³-hybridized carbons (Fsp3) is 0.556. The maximum Gasteiger partial charge on any atom is 0.245 e. The van der Waals surface area contributed by atoms with E-state index >= 15 is 0 Å². The maximum atomic E-state index is 12.8. The highest BCUT2D eigenvalue weighted by molar-refractivity contribution is 5.88. The molecule has 0 saturated carbocycles. The van der Waals surface area contributed by atoms with Crippen LogP contribution in [0.2, 0.25) is 0 Å². The minimum atomic E-state index is -0.427. The van der Waals surface area contributed by atoms with Crippen LogP contribution in [0.1, 0.15) is 44.7 Å². The number of rotatable bonds is 5. The Morgan fingerprint density at radius 2 is 1.91 bits per heavy atom. The van der Waals surface area contributed by atoms with Crippen LogP contribution >= 0.6 is 0 Å². The van der Waals surface area contributed by atoms with Gasteiger partial charge in [-0.3, -0.25) is 9.59 Å². The summed E-state index contributed by atoms with van der Waals surface area (Å²) in [6, 6.07) is 7.83. The Morgan fingerprint density at radius 3 is 2.55 bits per heavy atom. The van der Waals surface area contributed by atoms with Gasteiger partial charge in [0.05, 0.1) is 0 Å². The van der Waals surface area contributed by atoms with Crippen molar-refractivity contribution in [2.45, 2.75) is 52.6 Å². The molecule has 120 valence electrons. The van der Waals surface area contributed by atoms with Crippen molar-refractivity contribution in [1.29, 1.82) is 0 Å². The average Bonchev–Trinajstić information content (AvgIpc) is 2.51. The predicted octanol–water partition coefficient (Wildman–Crippen LogP) is 2.51. The monoisotopic (exact) mass is 302 g/mol. The Labute approximate surface area is 132 Å². The summed E-state index contributed by atoms with van der Waals surface area (Å²) >= 11 is 0. The van der Waals surface area contributed by atoms with E-state index in [1.807, 2.05) is 37.8 Å². The van der Waals surface area contributed by atoms with Gasteiger partial charge in [-0.2, -0.15) is 0 Å². The van der Waals surface area contributed by atoms with Gasteiger partial charge >= 0.3 is 0 Å². The van der Waals surface area contributed by atoms with Crippen LogP contribution < -0.4 is 5.32 Å². The number of hydrogen-bond acceptors (Lipinski definition) is 2. The van der Waals surface area contributed by atoms with Gasteiger partial charge in [-0.1, -0.05) is 45.0 Å². The van der Waals surface area contributed by atoms with E-state index < -0.39 is 6.04 Å². The second-order valence-corrected chi connectivity index (χ2v) is 6.32. The number of hydrogen-bond donors (Lipinski definition) is 1. The molecular weight excluding hydrogens is 276 g/mol. The smallest absolute Gasteiger partial charge is 0.245 e. The maximum absolute atomic E-state index is 12.8. The molecule has 2 amide bonds. The summed E-state index contributed by atoms with van der Waals surface area (Å²) in [7, 11) is 0. The highest BCUT2D eigenvalue weighted by Crippen LogP contribution is 2.20. The fourth-order valence-electron chi connectivity index (χ4n) is 2.87. The Morgan fingerprint density at radius 1 is 1.23 bits per heavy atom. The SMILES string of the molecule is CCCC(=O)N[C@H](C(=O)N1CCc2ccccc2C1)C(C)C. The molecule has 4 nitrogen and oxygen atoms in total. The summed E-state index contributed by atoms with van der Waals surface area (Å²) in [5, 5.41) is 2.91. The molecule has 0 fully saturated rings. The zero-order chi connectivity index (χ0) is 16.1. The van der Waals surface area contributed by atoms with E-state index in [0.717, 1.165) is 19.4 Å². The third-order valence-corrected chi connectivity index (χ3v) is 4.17. The number of nitrogens with one attached hydrogen (secondary N) is 1. The summed E-state index contributed by atoms with van der Waals surface area (Å²) in [6.45, 7) is 7.29. The zero-order valence-electron chi connectivity index (χ0n) is 13.8. The van der Waals surface area contributed by atoms with Crippen LogP contribution in [0.25, 0.3) is 0 Å². The Hall–Kier alpha value is -1.84. The molecule has 0 saturated heterocycles. The van der Waals surface area contributed by atoms with Gasteiger partial charge in [0.2, 0.25) is 11.8 Å². The molecule has 1 N–H and O–H groups in total. The number of fused-ring (bicyclic) bond motifs is 1. The molecule has 1 heterocycles. The molecule has 22 heavy (non-hydrogen) atoms. The van der Waals surface area contributed by atoms with Gasteiger partial charge in [0.15, 0.2) is 0 Å². The highest BCUT2D eigenvalue weighted by atomic mass is 16.2. The van der Waals surface area contributed by atoms with Crippen molar-refractivity contribution in [3.8, 4) is 0 Å². The van der Waals surface area contributed by atoms with Crippen molar-refractivity contribution in [2.75, 3.05) is 6.54 Å². The largest absolute Gasteiger partial charge is 0.344 e. The lowest BCUT2D eigenvalue weighted by Crippen LogP contribution is -2.52. The molecule has 1 aromatic rings. The Kier molecular flexibility index (Phi) is 5.58. The van der Waals surface area contributed by atoms with Gasteiger partial charge in [-0.15, -0.1) is 0 Å². The van der Waals surface area contributed by atoms with Crippen LogP contribution in [0.4, 0.5) is 0 Å². The first kappa shape index (κ1) is 16.5. The van der Waals surface area contributed by atoms with Crippen molar-refractivity contribution in [1.82, 2.24) is 10.2 Å². The van der Waals surface area contributed by atoms with Gasteiger partial charge in [-0.25, -0.2) is 0 Å². The number of nitrogens with zero attached hydrogens (tertiary/aromatic N) is 1. The topological polar surface area (TPSA) is 49.4 Å². The first-order chi connectivity index (χ1) is 10.5. The summed E-state index contributed by atoms with van der Waals surface area (Å²) in [5.41, 5.74) is 2.53. The van der Waals surface area contributed by atoms with E-state index in [1.54, 1.807) is 0 Å². The van der Waals surface area contributed by atoms with Crippen LogP contribution in [0.5, 0.6) is 0 Å². The lowest BCUT2D eigenvalue weighted by molar-refractivity contribution is -0.138. The third-order valence-electron chi connectivity index (χ3n) is 4.17. The van der Waals surface area contributed by atoms with Crippen LogP contribution in [0.3, 0.4) is 0 Å². The summed E-state index contributed by atoms with van der Waals surface area (Å²) in [6.07, 6.45) is 2.15. The molecular formula is C18H26N2O2. The second kappa shape index (κ2) is 7.43. The van der Waals surface area contributed by atoms with Crippen LogP contribution in [-0.2, 0) is 22.6 Å². The van der Waals surface area contributed by atoms with Gasteiger partial charge in [0, 0.05) is 19.5 Å². The predicted molar refractivity (Wildman–Crippen MR) is 87.2 cm³/mol. The third kappa shape index (κ3) is 3.87. The van der Waals surface area contributed by atoms with Crippen molar-refractivity contribution < 1.29 is 9.59 Å². The Balaban J connectivity index is 2.07. The van der Waals surface area contributed by atoms with E-state index in [1.165, 1.54) is 11.1 Å². The second-order valence-electron chi connectivity index (χ2n) is 6.32. The number of carbonyl (C=O) groups is 2. The summed E-state index contributed by atoms with van der Waals surface area (Å²) in [4.78, 5) is 26.5. The lowest BCUT2D eigenvalue weighted by atomic mass is 9.97. The van der Waals surface area contributed by atoms with Gasteiger partial charge in [-0.05, 0) is 29.9 Å². The highest BCUT2D eigenvalue weighted by Gasteiger charge is 2.30. The minimum absolute atomic E-state index is 0.0352. The summed E-state index contributed by atoms with van der Waals surface area (Å²) < 4.78 is 0. The lowest BCUT2D eigenvalue weighted by Gasteiger charge is -2.33. The molecule has 0 bridgehead atoms. The molecule has 2 rings (SSSR count). The normalized spacial score (nSPS) is 15.4. The van der Waals surface area contributed by atoms with Gasteiger partial charge in [0.25, 0.3) is 0 Å². The number of amides is 2. The standard InChI is InChI=1S/C18H26N2O2/c1-4-7-16(21)19-17(13(2)3)18(22)20-11-10-14-8-5-6-9-15(14)12-20/h5-6,8-9,13,17H,4,7,10-12H2,1-3H3,(H,19,21)/t17-/m0/s1. The molecule has 0 spiro atoms. The van der Waals surface area contributed by atoms with E-state index in [9.17, 15) is 9.59 Å². The van der Waals surface area contributed by atoms with E-state index in [-0.39, 0.29) is 17.7 Å². The molecule has 1 aliphatic rings. The first-order valence-electron chi connectivity index (χ1n) is 8.17. The minimum Gasteiger partial charge on any atom is -0.344 e. The van der Waals surface area contributed by atoms with Crippen LogP contribution in [0, 0.1) is 5.92 Å².